The summed E-state index contributed by atoms with van der Waals surface area (Å²) in [6.07, 6.45) is 69.1. The first-order chi connectivity index (χ1) is 60.4. The summed E-state index contributed by atoms with van der Waals surface area (Å²) in [6, 6.07) is 36.6. The zero-order chi connectivity index (χ0) is 85.0. The number of aryl methyl sites for hydroxylation is 6. The minimum Gasteiger partial charge on any atom is -0.492 e. The number of unbranched alkanes of at least 4 members (excludes halogenated alkanes) is 44. The van der Waals surface area contributed by atoms with Gasteiger partial charge in [0.25, 0.3) is 0 Å². The Morgan fingerprint density at radius 1 is 0.203 bits per heavy atom. The second-order valence-corrected chi connectivity index (χ2v) is 36.5. The van der Waals surface area contributed by atoms with Gasteiger partial charge >= 0.3 is 19.5 Å². The van der Waals surface area contributed by atoms with Crippen molar-refractivity contribution in [2.24, 2.45) is 0 Å². The second-order valence-electron chi connectivity index (χ2n) is 36.5. The zero-order valence-electron chi connectivity index (χ0n) is 78.8. The van der Waals surface area contributed by atoms with Gasteiger partial charge < -0.3 is 39.4 Å². The van der Waals surface area contributed by atoms with Crippen LogP contribution in [0.5, 0.6) is 11.5 Å². The zero-order valence-corrected chi connectivity index (χ0v) is 81.7. The van der Waals surface area contributed by atoms with Gasteiger partial charge in [0.1, 0.15) is 11.5 Å². The van der Waals surface area contributed by atoms with Crippen LogP contribution >= 0.6 is 0 Å². The van der Waals surface area contributed by atoms with Crippen molar-refractivity contribution in [3.8, 4) is 79.3 Å². The van der Waals surface area contributed by atoms with Crippen molar-refractivity contribution in [2.75, 3.05) is 13.2 Å². The summed E-state index contributed by atoms with van der Waals surface area (Å²) in [7, 11) is 0. The van der Waals surface area contributed by atoms with Gasteiger partial charge in [0, 0.05) is 66.7 Å². The SMILES string of the molecule is CCCCCCCCCCc1ccc(CCCCCCCCCC)c2c1-c1nc-2nc2[n-]c(nc3nc(nc4[n-]c(n1)c1c(CCCCCCCCCC)ccc(CCCCCCCCCC)c41)-c1c(CCCCCCCCCC)ccc(CCCCCCCCCC)c1-3)c1c(OCCCC)c(-c3ccccc3)c(-c3ccccc3)c(OCCCC)c21.[Zn+2]. The Labute approximate surface area is 758 Å². The summed E-state index contributed by atoms with van der Waals surface area (Å²) < 4.78 is 15.3. The Bertz CT molecular complexity index is 4420. The molecule has 0 N–H and O–H groups in total. The molecule has 10 nitrogen and oxygen atoms in total. The van der Waals surface area contributed by atoms with Crippen LogP contribution in [0.15, 0.2) is 97.1 Å². The Morgan fingerprint density at radius 2 is 0.407 bits per heavy atom. The van der Waals surface area contributed by atoms with Crippen LogP contribution in [0.3, 0.4) is 0 Å². The van der Waals surface area contributed by atoms with Gasteiger partial charge in [0.2, 0.25) is 0 Å². The number of ether oxygens (including phenoxy) is 2. The number of hydrogen-bond donors (Lipinski definition) is 0. The van der Waals surface area contributed by atoms with Crippen LogP contribution in [0.4, 0.5) is 0 Å². The van der Waals surface area contributed by atoms with Crippen molar-refractivity contribution < 1.29 is 29.0 Å². The van der Waals surface area contributed by atoms with Crippen LogP contribution < -0.4 is 19.4 Å². The molecule has 3 aromatic heterocycles. The summed E-state index contributed by atoms with van der Waals surface area (Å²) in [5.74, 6) is 4.11. The molecule has 0 spiro atoms. The van der Waals surface area contributed by atoms with E-state index in [1.165, 1.54) is 303 Å². The van der Waals surface area contributed by atoms with E-state index in [1.54, 1.807) is 0 Å². The maximum atomic E-state index is 7.63. The normalized spacial score (nSPS) is 11.8. The van der Waals surface area contributed by atoms with Crippen molar-refractivity contribution >= 4 is 44.1 Å². The fourth-order valence-corrected chi connectivity index (χ4v) is 19.3. The Morgan fingerprint density at radius 3 is 0.642 bits per heavy atom. The maximum absolute atomic E-state index is 7.63. The van der Waals surface area contributed by atoms with Gasteiger partial charge in [0.15, 0.2) is 0 Å². The van der Waals surface area contributed by atoms with Gasteiger partial charge in [-0.1, -0.05) is 435 Å². The first-order valence-corrected chi connectivity index (χ1v) is 51.1. The minimum atomic E-state index is 0. The molecule has 0 atom stereocenters. The third-order valence-electron chi connectivity index (χ3n) is 26.4. The van der Waals surface area contributed by atoms with E-state index in [9.17, 15) is 0 Å². The molecule has 0 saturated heterocycles. The predicted octanol–water partition coefficient (Wildman–Crippen LogP) is 33.9. The van der Waals surface area contributed by atoms with Crippen LogP contribution in [0, 0.1) is 0 Å². The monoisotopic (exact) mass is 1710 g/mol. The average Bonchev–Trinajstić information content (AvgIpc) is 1.60. The van der Waals surface area contributed by atoms with Crippen molar-refractivity contribution in [1.82, 2.24) is 39.9 Å². The molecule has 123 heavy (non-hydrogen) atoms. The number of rotatable bonds is 64. The Balaban J connectivity index is 0.0000158. The molecule has 8 bridgehead atoms. The summed E-state index contributed by atoms with van der Waals surface area (Å²) in [5.41, 5.74) is 18.5. The number of nitrogens with zero attached hydrogens (tertiary/aromatic N) is 8. The smallest absolute Gasteiger partial charge is 0.492 e. The molecule has 0 radical (unpaired) electrons. The molecule has 0 aliphatic carbocycles. The van der Waals surface area contributed by atoms with Crippen LogP contribution in [-0.4, -0.2) is 43.1 Å². The van der Waals surface area contributed by atoms with E-state index in [0.717, 1.165) is 180 Å². The van der Waals surface area contributed by atoms with Crippen molar-refractivity contribution in [3.05, 3.63) is 130 Å². The Kier molecular flexibility index (Phi) is 44.8. The molecular formula is C112H160N8O2Zn. The molecule has 11 heteroatoms. The van der Waals surface area contributed by atoms with E-state index in [4.69, 9.17) is 49.3 Å². The van der Waals surface area contributed by atoms with Gasteiger partial charge in [-0.2, -0.15) is 0 Å². The summed E-state index contributed by atoms with van der Waals surface area (Å²) in [4.78, 5) is 48.8. The molecule has 11 rings (SSSR count). The standard InChI is InChI=1S/C112H160N8O2.Zn/c1-9-17-25-31-37-43-49-57-71-87-77-78-88(72-58-50-44-38-32-26-18-10-2)96-95(87)105-113-106(96)115-108-98-90(74-60-52-46-40-34-28-20-12-4)80-82-92(76-62-54-48-42-36-30-22-14-6)100(98)110(117-108)119-112-102-101(103(121-83-23-15-7)93(85-67-63-55-64-68-85)94(86-69-65-56-66-70-86)104(102)122-84-24-16-8)111(120-112)118-109-99-91(75-61-53-47-41-35-29-21-13-5)81-79-89(97(99)107(114-105)116-109)73-59-51-45-39-33-27-19-11-3;/h55-56,63-70,77-82H,9-54,57-62,71-76,83-84H2,1-8H3;/q-2;+2. The molecule has 9 aromatic rings. The van der Waals surface area contributed by atoms with E-state index in [-0.39, 0.29) is 19.5 Å². The molecule has 662 valence electrons. The maximum Gasteiger partial charge on any atom is 2.00 e. The van der Waals surface area contributed by atoms with Crippen molar-refractivity contribution in [1.29, 1.82) is 0 Å². The van der Waals surface area contributed by atoms with Crippen LogP contribution in [0.2, 0.25) is 0 Å². The summed E-state index contributed by atoms with van der Waals surface area (Å²) in [6.45, 7) is 19.4. The van der Waals surface area contributed by atoms with Gasteiger partial charge in [-0.25, -0.2) is 9.97 Å². The molecule has 0 saturated carbocycles. The Hall–Kier alpha value is -7.10. The topological polar surface area (TPSA) is 124 Å². The molecule has 5 heterocycles. The fourth-order valence-electron chi connectivity index (χ4n) is 19.3. The number of aromatic nitrogens is 8. The molecular weight excluding hydrogens is 1550 g/mol. The van der Waals surface area contributed by atoms with Crippen LogP contribution in [-0.2, 0) is 58.0 Å². The fraction of sp³-hybridized carbons (Fsp3) is 0.607. The van der Waals surface area contributed by atoms with Crippen LogP contribution in [0.1, 0.15) is 423 Å². The molecule has 2 aliphatic heterocycles. The molecule has 0 unspecified atom stereocenters. The minimum absolute atomic E-state index is 0. The first kappa shape index (κ1) is 98.1. The molecule has 6 aromatic carbocycles. The summed E-state index contributed by atoms with van der Waals surface area (Å²) >= 11 is 0. The van der Waals surface area contributed by atoms with Gasteiger partial charge in [-0.15, -0.1) is 0 Å². The van der Waals surface area contributed by atoms with Crippen LogP contribution in [0.25, 0.3) is 112 Å². The van der Waals surface area contributed by atoms with Gasteiger partial charge in [-0.3, -0.25) is 0 Å². The second kappa shape index (κ2) is 56.2. The van der Waals surface area contributed by atoms with E-state index in [2.05, 4.69) is 152 Å². The van der Waals surface area contributed by atoms with Crippen molar-refractivity contribution in [2.45, 2.75) is 428 Å². The third kappa shape index (κ3) is 28.7. The van der Waals surface area contributed by atoms with Crippen molar-refractivity contribution in [3.63, 3.8) is 0 Å². The number of hydrogen-bond acceptors (Lipinski definition) is 8. The first-order valence-electron chi connectivity index (χ1n) is 51.1. The molecule has 2 aliphatic rings. The van der Waals surface area contributed by atoms with E-state index in [0.29, 0.717) is 59.1 Å². The summed E-state index contributed by atoms with van der Waals surface area (Å²) in [5, 5.41) is 3.83. The average molecular weight is 1720 g/mol. The quantitative estimate of drug-likeness (QED) is 0.0269. The predicted molar refractivity (Wildman–Crippen MR) is 524 cm³/mol. The van der Waals surface area contributed by atoms with Gasteiger partial charge in [-0.05, 0) is 145 Å². The van der Waals surface area contributed by atoms with Gasteiger partial charge in [0.05, 0.1) is 36.5 Å². The number of fused-ring (bicyclic) bond motifs is 20. The third-order valence-corrected chi connectivity index (χ3v) is 26.4. The number of benzene rings is 6. The van der Waals surface area contributed by atoms with E-state index < -0.39 is 0 Å². The largest absolute Gasteiger partial charge is 2.00 e. The molecule has 0 fully saturated rings. The van der Waals surface area contributed by atoms with E-state index >= 15 is 0 Å². The molecule has 0 amide bonds. The van der Waals surface area contributed by atoms with E-state index in [1.807, 2.05) is 0 Å².